The Hall–Kier alpha value is -1.49. The van der Waals surface area contributed by atoms with Gasteiger partial charge in [0.05, 0.1) is 0 Å². The third-order valence-electron chi connectivity index (χ3n) is 2.34. The Labute approximate surface area is 105 Å². The lowest BCUT2D eigenvalue weighted by Gasteiger charge is -2.12. The molecular weight excluding hydrogens is 232 g/mol. The van der Waals surface area contributed by atoms with E-state index in [1.165, 1.54) is 0 Å². The van der Waals surface area contributed by atoms with Gasteiger partial charge >= 0.3 is 0 Å². The molecule has 0 fully saturated rings. The molecule has 1 heterocycles. The number of nitrogens with one attached hydrogen (secondary N) is 1. The standard InChI is InChI=1S/C12H16N4S/c1-10(17-12-15-14-9-16(12)2)8-13-11-6-4-3-5-7-11/h3-7,9-10,13H,8H2,1-2H3. The van der Waals surface area contributed by atoms with Crippen molar-refractivity contribution in [2.75, 3.05) is 11.9 Å². The summed E-state index contributed by atoms with van der Waals surface area (Å²) < 4.78 is 1.93. The normalized spacial score (nSPS) is 12.4. The Kier molecular flexibility index (Phi) is 4.03. The van der Waals surface area contributed by atoms with Gasteiger partial charge < -0.3 is 9.88 Å². The number of hydrogen-bond donors (Lipinski definition) is 1. The fourth-order valence-corrected chi connectivity index (χ4v) is 2.25. The largest absolute Gasteiger partial charge is 0.384 e. The minimum Gasteiger partial charge on any atom is -0.384 e. The molecule has 4 nitrogen and oxygen atoms in total. The molecule has 1 unspecified atom stereocenters. The van der Waals surface area contributed by atoms with Gasteiger partial charge in [-0.2, -0.15) is 0 Å². The number of thioether (sulfide) groups is 1. The third-order valence-corrected chi connectivity index (χ3v) is 3.49. The topological polar surface area (TPSA) is 42.7 Å². The van der Waals surface area contributed by atoms with Crippen molar-refractivity contribution >= 4 is 17.4 Å². The Morgan fingerprint density at radius 3 is 2.76 bits per heavy atom. The second-order valence-corrected chi connectivity index (χ2v) is 5.31. The summed E-state index contributed by atoms with van der Waals surface area (Å²) in [5.74, 6) is 0. The summed E-state index contributed by atoms with van der Waals surface area (Å²) in [5, 5.41) is 12.7. The van der Waals surface area contributed by atoms with Crippen LogP contribution in [0.2, 0.25) is 0 Å². The van der Waals surface area contributed by atoms with Crippen LogP contribution >= 0.6 is 11.8 Å². The van der Waals surface area contributed by atoms with E-state index in [0.29, 0.717) is 5.25 Å². The lowest BCUT2D eigenvalue weighted by atomic mass is 10.3. The van der Waals surface area contributed by atoms with E-state index in [2.05, 4.69) is 34.6 Å². The van der Waals surface area contributed by atoms with Gasteiger partial charge in [0.2, 0.25) is 0 Å². The molecule has 0 spiro atoms. The van der Waals surface area contributed by atoms with Gasteiger partial charge in [-0.15, -0.1) is 10.2 Å². The zero-order valence-corrected chi connectivity index (χ0v) is 10.8. The van der Waals surface area contributed by atoms with Crippen molar-refractivity contribution in [1.29, 1.82) is 0 Å². The van der Waals surface area contributed by atoms with E-state index < -0.39 is 0 Å². The highest BCUT2D eigenvalue weighted by atomic mass is 32.2. The van der Waals surface area contributed by atoms with Crippen molar-refractivity contribution in [3.8, 4) is 0 Å². The lowest BCUT2D eigenvalue weighted by Crippen LogP contribution is -2.13. The maximum atomic E-state index is 4.06. The average molecular weight is 248 g/mol. The van der Waals surface area contributed by atoms with E-state index in [1.807, 2.05) is 29.8 Å². The average Bonchev–Trinajstić information content (AvgIpc) is 2.74. The molecule has 0 aliphatic carbocycles. The van der Waals surface area contributed by atoms with Gasteiger partial charge in [-0.1, -0.05) is 36.9 Å². The van der Waals surface area contributed by atoms with Crippen molar-refractivity contribution in [2.45, 2.75) is 17.3 Å². The number of anilines is 1. The quantitative estimate of drug-likeness (QED) is 0.825. The molecule has 0 aliphatic rings. The maximum Gasteiger partial charge on any atom is 0.191 e. The molecule has 0 saturated heterocycles. The SMILES string of the molecule is CC(CNc1ccccc1)Sc1nncn1C. The van der Waals surface area contributed by atoms with Crippen molar-refractivity contribution in [1.82, 2.24) is 14.8 Å². The number of nitrogens with zero attached hydrogens (tertiary/aromatic N) is 3. The third kappa shape index (κ3) is 3.49. The highest BCUT2D eigenvalue weighted by molar-refractivity contribution is 7.99. The monoisotopic (exact) mass is 248 g/mol. The Balaban J connectivity index is 1.82. The molecule has 1 atom stereocenters. The van der Waals surface area contributed by atoms with Crippen molar-refractivity contribution < 1.29 is 0 Å². The molecule has 0 bridgehead atoms. The van der Waals surface area contributed by atoms with E-state index in [1.54, 1.807) is 18.1 Å². The molecule has 0 saturated carbocycles. The number of aryl methyl sites for hydroxylation is 1. The predicted octanol–water partition coefficient (Wildman–Crippen LogP) is 2.41. The maximum absolute atomic E-state index is 4.06. The fourth-order valence-electron chi connectivity index (χ4n) is 1.42. The Morgan fingerprint density at radius 1 is 1.35 bits per heavy atom. The van der Waals surface area contributed by atoms with Gasteiger partial charge in [-0.3, -0.25) is 0 Å². The van der Waals surface area contributed by atoms with Crippen LogP contribution < -0.4 is 5.32 Å². The molecule has 17 heavy (non-hydrogen) atoms. The van der Waals surface area contributed by atoms with Gasteiger partial charge in [0.1, 0.15) is 6.33 Å². The van der Waals surface area contributed by atoms with Crippen LogP contribution in [0.4, 0.5) is 5.69 Å². The van der Waals surface area contributed by atoms with E-state index in [4.69, 9.17) is 0 Å². The molecule has 1 aromatic carbocycles. The van der Waals surface area contributed by atoms with Crippen LogP contribution in [0.25, 0.3) is 0 Å². The first-order chi connectivity index (χ1) is 8.25. The summed E-state index contributed by atoms with van der Waals surface area (Å²) >= 11 is 1.72. The molecule has 0 aliphatic heterocycles. The summed E-state index contributed by atoms with van der Waals surface area (Å²) in [5.41, 5.74) is 1.15. The molecule has 90 valence electrons. The Morgan fingerprint density at radius 2 is 2.12 bits per heavy atom. The molecular formula is C12H16N4S. The van der Waals surface area contributed by atoms with Gasteiger partial charge in [-0.25, -0.2) is 0 Å². The highest BCUT2D eigenvalue weighted by Crippen LogP contribution is 2.20. The van der Waals surface area contributed by atoms with Crippen LogP contribution in [0.15, 0.2) is 41.8 Å². The number of para-hydroxylation sites is 1. The van der Waals surface area contributed by atoms with E-state index in [-0.39, 0.29) is 0 Å². The van der Waals surface area contributed by atoms with Crippen molar-refractivity contribution in [3.05, 3.63) is 36.7 Å². The van der Waals surface area contributed by atoms with Crippen LogP contribution in [-0.4, -0.2) is 26.6 Å². The van der Waals surface area contributed by atoms with E-state index in [9.17, 15) is 0 Å². The molecule has 2 aromatic rings. The first-order valence-corrected chi connectivity index (χ1v) is 6.43. The number of aromatic nitrogens is 3. The minimum absolute atomic E-state index is 0.443. The predicted molar refractivity (Wildman–Crippen MR) is 71.3 cm³/mol. The first-order valence-electron chi connectivity index (χ1n) is 5.55. The van der Waals surface area contributed by atoms with Gasteiger partial charge in [0.15, 0.2) is 5.16 Å². The molecule has 1 aromatic heterocycles. The number of benzene rings is 1. The zero-order chi connectivity index (χ0) is 12.1. The molecule has 1 N–H and O–H groups in total. The van der Waals surface area contributed by atoms with Crippen molar-refractivity contribution in [3.63, 3.8) is 0 Å². The summed E-state index contributed by atoms with van der Waals surface area (Å²) in [4.78, 5) is 0. The van der Waals surface area contributed by atoms with Gasteiger partial charge in [0, 0.05) is 24.5 Å². The molecule has 0 radical (unpaired) electrons. The summed E-state index contributed by atoms with van der Waals surface area (Å²) in [6.07, 6.45) is 1.72. The van der Waals surface area contributed by atoms with Crippen LogP contribution in [0, 0.1) is 0 Å². The van der Waals surface area contributed by atoms with Crippen LogP contribution in [0.5, 0.6) is 0 Å². The zero-order valence-electron chi connectivity index (χ0n) is 10.00. The van der Waals surface area contributed by atoms with Crippen molar-refractivity contribution in [2.24, 2.45) is 7.05 Å². The Bertz CT molecular complexity index is 455. The van der Waals surface area contributed by atoms with E-state index in [0.717, 1.165) is 17.4 Å². The van der Waals surface area contributed by atoms with Gasteiger partial charge in [-0.05, 0) is 12.1 Å². The number of rotatable bonds is 5. The van der Waals surface area contributed by atoms with Crippen LogP contribution in [0.3, 0.4) is 0 Å². The first kappa shape index (κ1) is 12.0. The lowest BCUT2D eigenvalue weighted by molar-refractivity contribution is 0.783. The summed E-state index contributed by atoms with van der Waals surface area (Å²) in [6.45, 7) is 3.08. The minimum atomic E-state index is 0.443. The molecule has 2 rings (SSSR count). The molecule has 5 heteroatoms. The van der Waals surface area contributed by atoms with Crippen LogP contribution in [-0.2, 0) is 7.05 Å². The van der Waals surface area contributed by atoms with E-state index >= 15 is 0 Å². The summed E-state index contributed by atoms with van der Waals surface area (Å²) in [7, 11) is 1.96. The summed E-state index contributed by atoms with van der Waals surface area (Å²) in [6, 6.07) is 10.2. The fraction of sp³-hybridized carbons (Fsp3) is 0.333. The molecule has 0 amide bonds. The van der Waals surface area contributed by atoms with Crippen LogP contribution in [0.1, 0.15) is 6.92 Å². The smallest absolute Gasteiger partial charge is 0.191 e. The van der Waals surface area contributed by atoms with Gasteiger partial charge in [0.25, 0.3) is 0 Å². The second-order valence-electron chi connectivity index (χ2n) is 3.90. The number of hydrogen-bond acceptors (Lipinski definition) is 4. The second kappa shape index (κ2) is 5.72. The highest BCUT2D eigenvalue weighted by Gasteiger charge is 2.08.